The normalized spacial score (nSPS) is 17.2. The second kappa shape index (κ2) is 7.77. The Hall–Kier alpha value is -3.03. The molecule has 1 N–H and O–H groups in total. The largest absolute Gasteiger partial charge is 0.342 e. The predicted molar refractivity (Wildman–Crippen MR) is 110 cm³/mol. The molecule has 8 heteroatoms. The predicted octanol–water partition coefficient (Wildman–Crippen LogP) is 2.23. The fourth-order valence-electron chi connectivity index (χ4n) is 3.82. The van der Waals surface area contributed by atoms with Crippen molar-refractivity contribution >= 4 is 17.1 Å². The molecule has 0 aliphatic carbocycles. The molecule has 1 aromatic carbocycles. The third-order valence-electron chi connectivity index (χ3n) is 5.46. The van der Waals surface area contributed by atoms with E-state index in [-0.39, 0.29) is 28.8 Å². The Balaban J connectivity index is 1.64. The molecule has 0 bridgehead atoms. The van der Waals surface area contributed by atoms with E-state index in [1.807, 2.05) is 49.9 Å². The smallest absolute Gasteiger partial charge is 0.281 e. The number of carbonyl (C=O) groups excluding carboxylic acids is 1. The minimum absolute atomic E-state index is 0.00581. The van der Waals surface area contributed by atoms with Gasteiger partial charge in [-0.1, -0.05) is 48.9 Å². The zero-order valence-electron chi connectivity index (χ0n) is 17.1. The molecule has 152 valence electrons. The van der Waals surface area contributed by atoms with Gasteiger partial charge in [0.25, 0.3) is 5.56 Å². The van der Waals surface area contributed by atoms with Gasteiger partial charge in [0.1, 0.15) is 5.82 Å². The summed E-state index contributed by atoms with van der Waals surface area (Å²) in [4.78, 5) is 34.5. The molecule has 0 unspecified atom stereocenters. The van der Waals surface area contributed by atoms with Crippen molar-refractivity contribution in [2.75, 3.05) is 13.1 Å². The number of hydrogen-bond donors (Lipinski definition) is 1. The number of nitrogens with one attached hydrogen (secondary N) is 1. The van der Waals surface area contributed by atoms with Gasteiger partial charge >= 0.3 is 0 Å². The number of fused-ring (bicyclic) bond motifs is 1. The van der Waals surface area contributed by atoms with Crippen LogP contribution in [0.2, 0.25) is 0 Å². The highest BCUT2D eigenvalue weighted by atomic mass is 16.2. The van der Waals surface area contributed by atoms with Crippen molar-refractivity contribution in [2.45, 2.75) is 46.1 Å². The van der Waals surface area contributed by atoms with Gasteiger partial charge in [-0.3, -0.25) is 9.59 Å². The first-order valence-corrected chi connectivity index (χ1v) is 10.1. The molecular formula is C21H26N6O2. The Labute approximate surface area is 168 Å². The minimum Gasteiger partial charge on any atom is -0.342 e. The molecule has 3 aromatic rings. The van der Waals surface area contributed by atoms with Gasteiger partial charge in [-0.15, -0.1) is 5.10 Å². The minimum atomic E-state index is -0.285. The average Bonchev–Trinajstić information content (AvgIpc) is 3.12. The van der Waals surface area contributed by atoms with Gasteiger partial charge in [0.05, 0.1) is 6.54 Å². The summed E-state index contributed by atoms with van der Waals surface area (Å²) in [7, 11) is 0. The van der Waals surface area contributed by atoms with Crippen LogP contribution in [-0.4, -0.2) is 48.9 Å². The number of hydrogen-bond acceptors (Lipinski definition) is 5. The molecule has 4 rings (SSSR count). The molecule has 3 heterocycles. The van der Waals surface area contributed by atoms with Gasteiger partial charge in [-0.05, 0) is 25.3 Å². The molecule has 8 nitrogen and oxygen atoms in total. The molecule has 29 heavy (non-hydrogen) atoms. The first-order valence-electron chi connectivity index (χ1n) is 10.1. The molecule has 1 saturated heterocycles. The van der Waals surface area contributed by atoms with Crippen LogP contribution >= 0.6 is 0 Å². The summed E-state index contributed by atoms with van der Waals surface area (Å²) < 4.78 is 1.67. The maximum atomic E-state index is 12.6. The molecule has 1 aliphatic heterocycles. The van der Waals surface area contributed by atoms with Crippen LogP contribution in [0, 0.1) is 12.8 Å². The number of aromatic amines is 1. The third kappa shape index (κ3) is 3.92. The Kier molecular flexibility index (Phi) is 5.17. The average molecular weight is 394 g/mol. The number of piperidine rings is 1. The van der Waals surface area contributed by atoms with Crippen LogP contribution < -0.4 is 5.56 Å². The van der Waals surface area contributed by atoms with E-state index in [0.717, 1.165) is 24.9 Å². The van der Waals surface area contributed by atoms with Crippen molar-refractivity contribution in [3.63, 3.8) is 0 Å². The monoisotopic (exact) mass is 394 g/mol. The number of aryl methyl sites for hydroxylation is 1. The van der Waals surface area contributed by atoms with Gasteiger partial charge in [-0.2, -0.15) is 0 Å². The summed E-state index contributed by atoms with van der Waals surface area (Å²) in [5, 5.41) is 8.17. The fraction of sp³-hybridized carbons (Fsp3) is 0.476. The van der Waals surface area contributed by atoms with Crippen molar-refractivity contribution in [3.8, 4) is 0 Å². The van der Waals surface area contributed by atoms with Crippen LogP contribution in [0.1, 0.15) is 49.6 Å². The first kappa shape index (κ1) is 19.3. The Morgan fingerprint density at radius 3 is 2.76 bits per heavy atom. The number of H-pyrrole nitrogens is 1. The van der Waals surface area contributed by atoms with Crippen molar-refractivity contribution in [2.24, 2.45) is 5.92 Å². The highest BCUT2D eigenvalue weighted by Crippen LogP contribution is 2.25. The molecule has 0 saturated carbocycles. The lowest BCUT2D eigenvalue weighted by atomic mass is 9.96. The molecule has 1 fully saturated rings. The summed E-state index contributed by atoms with van der Waals surface area (Å²) in [6.07, 6.45) is 1.78. The van der Waals surface area contributed by atoms with Crippen LogP contribution in [0.4, 0.5) is 0 Å². The van der Waals surface area contributed by atoms with Crippen molar-refractivity contribution in [3.05, 3.63) is 51.6 Å². The van der Waals surface area contributed by atoms with Crippen molar-refractivity contribution in [1.82, 2.24) is 29.9 Å². The quantitative estimate of drug-likeness (QED) is 0.732. The number of rotatable bonds is 4. The van der Waals surface area contributed by atoms with E-state index in [0.29, 0.717) is 24.6 Å². The van der Waals surface area contributed by atoms with Gasteiger partial charge in [0, 0.05) is 24.9 Å². The number of nitrogens with zero attached hydrogens (tertiary/aromatic N) is 5. The van der Waals surface area contributed by atoms with E-state index >= 15 is 0 Å². The van der Waals surface area contributed by atoms with Gasteiger partial charge in [-0.25, -0.2) is 9.67 Å². The molecular weight excluding hydrogens is 368 g/mol. The number of carbonyl (C=O) groups is 1. The second-order valence-corrected chi connectivity index (χ2v) is 8.13. The summed E-state index contributed by atoms with van der Waals surface area (Å²) in [5.41, 5.74) is 2.69. The maximum absolute atomic E-state index is 12.6. The van der Waals surface area contributed by atoms with E-state index in [1.165, 1.54) is 5.56 Å². The summed E-state index contributed by atoms with van der Waals surface area (Å²) in [5.74, 6) is 0.718. The first-order chi connectivity index (χ1) is 13.9. The molecule has 0 spiro atoms. The van der Waals surface area contributed by atoms with Crippen LogP contribution in [0.25, 0.3) is 11.2 Å². The third-order valence-corrected chi connectivity index (χ3v) is 5.46. The number of benzene rings is 1. The Morgan fingerprint density at radius 1 is 1.28 bits per heavy atom. The molecule has 0 radical (unpaired) electrons. The highest BCUT2D eigenvalue weighted by Gasteiger charge is 2.28. The van der Waals surface area contributed by atoms with E-state index in [9.17, 15) is 9.59 Å². The molecule has 2 aromatic heterocycles. The zero-order valence-corrected chi connectivity index (χ0v) is 17.1. The number of likely N-dealkylation sites (tertiary alicyclic amines) is 1. The number of amides is 1. The van der Waals surface area contributed by atoms with Gasteiger partial charge in [0.2, 0.25) is 5.91 Å². The topological polar surface area (TPSA) is 96.8 Å². The highest BCUT2D eigenvalue weighted by molar-refractivity contribution is 5.78. The lowest BCUT2D eigenvalue weighted by Crippen LogP contribution is -2.41. The van der Waals surface area contributed by atoms with Crippen molar-refractivity contribution < 1.29 is 4.79 Å². The molecule has 1 aliphatic rings. The van der Waals surface area contributed by atoms with E-state index < -0.39 is 0 Å². The summed E-state index contributed by atoms with van der Waals surface area (Å²) >= 11 is 0. The lowest BCUT2D eigenvalue weighted by Gasteiger charge is -2.33. The van der Waals surface area contributed by atoms with Crippen LogP contribution in [0.15, 0.2) is 29.1 Å². The Morgan fingerprint density at radius 2 is 2.03 bits per heavy atom. The zero-order chi connectivity index (χ0) is 20.5. The lowest BCUT2D eigenvalue weighted by molar-refractivity contribution is -0.135. The maximum Gasteiger partial charge on any atom is 0.281 e. The second-order valence-electron chi connectivity index (χ2n) is 8.13. The van der Waals surface area contributed by atoms with Crippen LogP contribution in [0.3, 0.4) is 0 Å². The van der Waals surface area contributed by atoms with Crippen molar-refractivity contribution in [1.29, 1.82) is 0 Å². The SMILES string of the molecule is Cc1ccc(Cn2nnc3c(=O)[nH]c([C@@H]4CCCN(C(=O)C(C)C)C4)nc32)cc1. The van der Waals surface area contributed by atoms with Gasteiger partial charge in [0.15, 0.2) is 11.2 Å². The van der Waals surface area contributed by atoms with E-state index in [2.05, 4.69) is 15.3 Å². The van der Waals surface area contributed by atoms with Crippen LogP contribution in [-0.2, 0) is 11.3 Å². The number of aromatic nitrogens is 5. The summed E-state index contributed by atoms with van der Waals surface area (Å²) in [6.45, 7) is 7.69. The van der Waals surface area contributed by atoms with Gasteiger partial charge < -0.3 is 9.88 Å². The standard InChI is InChI=1S/C21H26N6O2/c1-13(2)21(29)26-10-4-5-16(12-26)18-22-19-17(20(28)23-18)24-25-27(19)11-15-8-6-14(3)7-9-15/h6-9,13,16H,4-5,10-12H2,1-3H3,(H,22,23,28)/t16-/m1/s1. The molecule has 1 atom stereocenters. The fourth-order valence-corrected chi connectivity index (χ4v) is 3.82. The van der Waals surface area contributed by atoms with Crippen LogP contribution in [0.5, 0.6) is 0 Å². The van der Waals surface area contributed by atoms with E-state index in [1.54, 1.807) is 4.68 Å². The Bertz CT molecular complexity index is 1080. The van der Waals surface area contributed by atoms with E-state index in [4.69, 9.17) is 4.98 Å². The summed E-state index contributed by atoms with van der Waals surface area (Å²) in [6, 6.07) is 8.16. The molecule has 1 amide bonds.